The Morgan fingerprint density at radius 1 is 0.906 bits per heavy atom. The van der Waals surface area contributed by atoms with Gasteiger partial charge in [-0.3, -0.25) is 14.4 Å². The lowest BCUT2D eigenvalue weighted by atomic mass is 10.1. The van der Waals surface area contributed by atoms with E-state index in [9.17, 15) is 14.4 Å². The van der Waals surface area contributed by atoms with Crippen LogP contribution in [0.4, 0.5) is 0 Å². The summed E-state index contributed by atoms with van der Waals surface area (Å²) in [4.78, 5) is 50.5. The topological polar surface area (TPSA) is 112 Å². The Balaban J connectivity index is 0.000000320. The van der Waals surface area contributed by atoms with E-state index in [2.05, 4.69) is 26.5 Å². The maximum atomic E-state index is 11.5. The number of carbonyl (C=O) groups is 3. The molecule has 0 aliphatic rings. The molecule has 0 fully saturated rings. The number of nitrogens with zero attached hydrogens (tertiary/aromatic N) is 4. The molecule has 2 aromatic heterocycles. The lowest BCUT2D eigenvalue weighted by Crippen LogP contribution is -2.14. The molecule has 0 radical (unpaired) electrons. The van der Waals surface area contributed by atoms with E-state index in [-0.39, 0.29) is 53.6 Å². The zero-order valence-corrected chi connectivity index (χ0v) is 19.8. The number of ketones is 3. The first-order valence-electron chi connectivity index (χ1n) is 10.1. The lowest BCUT2D eigenvalue weighted by molar-refractivity contribution is -0.122. The van der Waals surface area contributed by atoms with Gasteiger partial charge in [0.1, 0.15) is 40.4 Å². The largest absolute Gasteiger partial charge is 0.495 e. The molecular formula is C23H29ClN4O4. The Morgan fingerprint density at radius 3 is 1.75 bits per heavy atom. The zero-order chi connectivity index (χ0) is 24.3. The van der Waals surface area contributed by atoms with Gasteiger partial charge in [-0.05, 0) is 12.1 Å². The molecule has 0 bridgehead atoms. The maximum Gasteiger partial charge on any atom is 0.195 e. The highest BCUT2D eigenvalue weighted by Gasteiger charge is 2.13. The quantitative estimate of drug-likeness (QED) is 0.300. The lowest BCUT2D eigenvalue weighted by Gasteiger charge is -2.06. The Labute approximate surface area is 193 Å². The molecular weight excluding hydrogens is 432 g/mol. The Morgan fingerprint density at radius 2 is 1.34 bits per heavy atom. The van der Waals surface area contributed by atoms with E-state index in [0.29, 0.717) is 23.1 Å². The van der Waals surface area contributed by atoms with Crippen LogP contribution in [0.25, 0.3) is 5.76 Å². The van der Waals surface area contributed by atoms with Gasteiger partial charge in [0.05, 0.1) is 25.8 Å². The summed E-state index contributed by atoms with van der Waals surface area (Å²) < 4.78 is 4.97. The monoisotopic (exact) mass is 460 g/mol. The third kappa shape index (κ3) is 9.01. The summed E-state index contributed by atoms with van der Waals surface area (Å²) in [5.41, 5.74) is 0.876. The van der Waals surface area contributed by atoms with Crippen LogP contribution in [-0.4, -0.2) is 50.3 Å². The summed E-state index contributed by atoms with van der Waals surface area (Å²) in [6, 6.07) is 3.20. The molecule has 0 saturated heterocycles. The van der Waals surface area contributed by atoms with E-state index in [1.807, 2.05) is 27.7 Å². The van der Waals surface area contributed by atoms with Crippen molar-refractivity contribution in [2.24, 2.45) is 11.8 Å². The van der Waals surface area contributed by atoms with Crippen molar-refractivity contribution < 1.29 is 19.1 Å². The van der Waals surface area contributed by atoms with Gasteiger partial charge in [-0.2, -0.15) is 0 Å². The SMILES string of the molecule is C=C(OC)c1ccnc(CC(=O)C(C)C)n1.CC(C)C(=O)Cc1nccc(C(=O)CCl)n1. The van der Waals surface area contributed by atoms with Gasteiger partial charge >= 0.3 is 0 Å². The van der Waals surface area contributed by atoms with Crippen LogP contribution in [0.3, 0.4) is 0 Å². The number of Topliss-reactive ketones (excluding diaryl/α,β-unsaturated/α-hetero) is 3. The molecule has 8 nitrogen and oxygen atoms in total. The first kappa shape index (κ1) is 27.0. The van der Waals surface area contributed by atoms with Crippen molar-refractivity contribution in [2.75, 3.05) is 13.0 Å². The first-order chi connectivity index (χ1) is 15.1. The number of rotatable bonds is 10. The van der Waals surface area contributed by atoms with Crippen LogP contribution in [-0.2, 0) is 27.2 Å². The van der Waals surface area contributed by atoms with Crippen molar-refractivity contribution in [1.29, 1.82) is 0 Å². The number of alkyl halides is 1. The number of carbonyl (C=O) groups excluding carboxylic acids is 3. The summed E-state index contributed by atoms with van der Waals surface area (Å²) in [5, 5.41) is 0. The van der Waals surface area contributed by atoms with E-state index in [0.717, 1.165) is 0 Å². The van der Waals surface area contributed by atoms with Crippen molar-refractivity contribution in [3.63, 3.8) is 0 Å². The van der Waals surface area contributed by atoms with E-state index in [1.165, 1.54) is 19.4 Å². The van der Waals surface area contributed by atoms with E-state index in [1.54, 1.807) is 12.3 Å². The Kier molecular flexibility index (Phi) is 11.3. The van der Waals surface area contributed by atoms with Crippen molar-refractivity contribution in [3.8, 4) is 0 Å². The minimum atomic E-state index is -0.262. The van der Waals surface area contributed by atoms with Gasteiger partial charge < -0.3 is 4.74 Å². The number of hydrogen-bond acceptors (Lipinski definition) is 8. The van der Waals surface area contributed by atoms with Crippen molar-refractivity contribution in [1.82, 2.24) is 19.9 Å². The van der Waals surface area contributed by atoms with Crippen LogP contribution in [0, 0.1) is 11.8 Å². The van der Waals surface area contributed by atoms with Gasteiger partial charge in [0.25, 0.3) is 0 Å². The average Bonchev–Trinajstić information content (AvgIpc) is 2.78. The van der Waals surface area contributed by atoms with Gasteiger partial charge in [-0.25, -0.2) is 19.9 Å². The number of halogens is 1. The van der Waals surface area contributed by atoms with Gasteiger partial charge in [0, 0.05) is 24.2 Å². The Hall–Kier alpha value is -3.00. The van der Waals surface area contributed by atoms with Crippen LogP contribution in [0.15, 0.2) is 31.1 Å². The standard InChI is InChI=1S/C12H16N2O2.C11H13ClN2O2/c1-8(2)11(15)7-12-13-6-5-10(14-12)9(3)16-4;1-7(2)9(15)5-11-13-4-3-8(14-11)10(16)6-12/h5-6,8H,3,7H2,1-2,4H3;3-4,7H,5-6H2,1-2H3. The van der Waals surface area contributed by atoms with Crippen LogP contribution in [0.5, 0.6) is 0 Å². The predicted molar refractivity (Wildman–Crippen MR) is 122 cm³/mol. The van der Waals surface area contributed by atoms with Crippen LogP contribution < -0.4 is 0 Å². The molecule has 0 aromatic carbocycles. The molecule has 0 aliphatic carbocycles. The maximum absolute atomic E-state index is 11.5. The normalized spacial score (nSPS) is 10.4. The highest BCUT2D eigenvalue weighted by Crippen LogP contribution is 2.10. The van der Waals surface area contributed by atoms with Crippen LogP contribution >= 0.6 is 11.6 Å². The molecule has 0 saturated carbocycles. The summed E-state index contributed by atoms with van der Waals surface area (Å²) in [6.07, 6.45) is 3.48. The molecule has 0 aliphatic heterocycles. The summed E-state index contributed by atoms with van der Waals surface area (Å²) in [7, 11) is 1.53. The molecule has 0 atom stereocenters. The van der Waals surface area contributed by atoms with E-state index < -0.39 is 0 Å². The number of hydrogen-bond donors (Lipinski definition) is 0. The van der Waals surface area contributed by atoms with Crippen molar-refractivity contribution in [2.45, 2.75) is 40.5 Å². The second-order valence-corrected chi connectivity index (χ2v) is 7.76. The number of aromatic nitrogens is 4. The average molecular weight is 461 g/mol. The summed E-state index contributed by atoms with van der Waals surface area (Å²) in [6.45, 7) is 11.1. The molecule has 2 rings (SSSR count). The highest BCUT2D eigenvalue weighted by atomic mass is 35.5. The van der Waals surface area contributed by atoms with Gasteiger partial charge in [0.15, 0.2) is 5.78 Å². The molecule has 0 unspecified atom stereocenters. The molecule has 0 spiro atoms. The smallest absolute Gasteiger partial charge is 0.195 e. The summed E-state index contributed by atoms with van der Waals surface area (Å²) >= 11 is 5.42. The Bertz CT molecular complexity index is 883. The second kappa shape index (κ2) is 13.4. The number of ether oxygens (including phenoxy) is 1. The minimum absolute atomic E-state index is 0.00196. The van der Waals surface area contributed by atoms with E-state index in [4.69, 9.17) is 16.3 Å². The molecule has 2 aromatic rings. The molecule has 32 heavy (non-hydrogen) atoms. The fourth-order valence-corrected chi connectivity index (χ4v) is 2.31. The van der Waals surface area contributed by atoms with Crippen molar-refractivity contribution in [3.05, 3.63) is 54.1 Å². The van der Waals surface area contributed by atoms with Gasteiger partial charge in [-0.1, -0.05) is 34.3 Å². The predicted octanol–water partition coefficient (Wildman–Crippen LogP) is 3.53. The third-order valence-electron chi connectivity index (χ3n) is 4.30. The zero-order valence-electron chi connectivity index (χ0n) is 19.1. The van der Waals surface area contributed by atoms with Gasteiger partial charge in [0.2, 0.25) is 0 Å². The number of methoxy groups -OCH3 is 1. The van der Waals surface area contributed by atoms with Crippen LogP contribution in [0.1, 0.15) is 55.5 Å². The second-order valence-electron chi connectivity index (χ2n) is 7.50. The highest BCUT2D eigenvalue weighted by molar-refractivity contribution is 6.30. The van der Waals surface area contributed by atoms with Crippen LogP contribution in [0.2, 0.25) is 0 Å². The fraction of sp³-hybridized carbons (Fsp3) is 0.435. The molecule has 2 heterocycles. The first-order valence-corrected chi connectivity index (χ1v) is 10.6. The molecule has 9 heteroatoms. The summed E-state index contributed by atoms with van der Waals surface area (Å²) in [5.74, 6) is 1.09. The van der Waals surface area contributed by atoms with Gasteiger partial charge in [-0.15, -0.1) is 11.6 Å². The molecule has 0 N–H and O–H groups in total. The third-order valence-corrected chi connectivity index (χ3v) is 4.55. The van der Waals surface area contributed by atoms with Crippen molar-refractivity contribution >= 4 is 34.7 Å². The van der Waals surface area contributed by atoms with E-state index >= 15 is 0 Å². The molecule has 0 amide bonds. The minimum Gasteiger partial charge on any atom is -0.495 e. The molecule has 172 valence electrons. The fourth-order valence-electron chi connectivity index (χ4n) is 2.17.